The summed E-state index contributed by atoms with van der Waals surface area (Å²) in [6.07, 6.45) is 2.84. The molecule has 0 atom stereocenters. The first-order valence-electron chi connectivity index (χ1n) is 7.04. The van der Waals surface area contributed by atoms with Crippen LogP contribution in [0.4, 0.5) is 0 Å². The third-order valence-corrected chi connectivity index (χ3v) is 3.56. The summed E-state index contributed by atoms with van der Waals surface area (Å²) in [4.78, 5) is 16.9. The SMILES string of the molecule is Cc1cc(C)n2ncc(C(=O)CCc3ccccc3)c2n1. The quantitative estimate of drug-likeness (QED) is 0.689. The molecule has 3 rings (SSSR count). The van der Waals surface area contributed by atoms with Gasteiger partial charge < -0.3 is 0 Å². The second-order valence-electron chi connectivity index (χ2n) is 5.24. The Bertz CT molecular complexity index is 790. The van der Waals surface area contributed by atoms with Gasteiger partial charge in [-0.15, -0.1) is 0 Å². The molecule has 0 bridgehead atoms. The molecule has 3 aromatic rings. The second kappa shape index (κ2) is 5.48. The van der Waals surface area contributed by atoms with Crippen LogP contribution >= 0.6 is 0 Å². The van der Waals surface area contributed by atoms with E-state index in [1.807, 2.05) is 50.2 Å². The molecule has 0 unspecified atom stereocenters. The number of ketones is 1. The van der Waals surface area contributed by atoms with Crippen molar-refractivity contribution in [1.82, 2.24) is 14.6 Å². The van der Waals surface area contributed by atoms with Crippen LogP contribution in [0.15, 0.2) is 42.6 Å². The minimum atomic E-state index is 0.0892. The Balaban J connectivity index is 1.85. The van der Waals surface area contributed by atoms with Gasteiger partial charge in [0.15, 0.2) is 11.4 Å². The fourth-order valence-corrected chi connectivity index (χ4v) is 2.50. The number of aromatic nitrogens is 3. The number of fused-ring (bicyclic) bond motifs is 1. The van der Waals surface area contributed by atoms with Crippen molar-refractivity contribution in [2.45, 2.75) is 26.7 Å². The standard InChI is InChI=1S/C17H17N3O/c1-12-10-13(2)20-17(19-12)15(11-18-20)16(21)9-8-14-6-4-3-5-7-14/h3-7,10-11H,8-9H2,1-2H3. The number of nitrogens with zero attached hydrogens (tertiary/aromatic N) is 3. The number of hydrogen-bond acceptors (Lipinski definition) is 3. The lowest BCUT2D eigenvalue weighted by Crippen LogP contribution is -2.03. The molecule has 0 radical (unpaired) electrons. The zero-order valence-electron chi connectivity index (χ0n) is 12.2. The molecule has 21 heavy (non-hydrogen) atoms. The largest absolute Gasteiger partial charge is 0.294 e. The van der Waals surface area contributed by atoms with Crippen LogP contribution in [0.5, 0.6) is 0 Å². The van der Waals surface area contributed by atoms with Crippen molar-refractivity contribution in [2.75, 3.05) is 0 Å². The van der Waals surface area contributed by atoms with Crippen molar-refractivity contribution in [3.8, 4) is 0 Å². The predicted molar refractivity (Wildman–Crippen MR) is 81.6 cm³/mol. The lowest BCUT2D eigenvalue weighted by molar-refractivity contribution is 0.0984. The van der Waals surface area contributed by atoms with E-state index in [-0.39, 0.29) is 5.78 Å². The first-order valence-corrected chi connectivity index (χ1v) is 7.04. The van der Waals surface area contributed by atoms with Gasteiger partial charge in [0, 0.05) is 17.8 Å². The first kappa shape index (κ1) is 13.5. The van der Waals surface area contributed by atoms with Crippen molar-refractivity contribution in [1.29, 1.82) is 0 Å². The fourth-order valence-electron chi connectivity index (χ4n) is 2.50. The summed E-state index contributed by atoms with van der Waals surface area (Å²) in [7, 11) is 0. The van der Waals surface area contributed by atoms with Gasteiger partial charge in [-0.05, 0) is 31.9 Å². The fraction of sp³-hybridized carbons (Fsp3) is 0.235. The Kier molecular flexibility index (Phi) is 3.52. The molecule has 2 heterocycles. The average Bonchev–Trinajstić information content (AvgIpc) is 2.90. The normalized spacial score (nSPS) is 11.0. The summed E-state index contributed by atoms with van der Waals surface area (Å²) in [5.74, 6) is 0.0892. The van der Waals surface area contributed by atoms with E-state index in [1.54, 1.807) is 10.7 Å². The molecule has 106 valence electrons. The van der Waals surface area contributed by atoms with E-state index < -0.39 is 0 Å². The molecular formula is C17H17N3O. The Morgan fingerprint density at radius 3 is 2.71 bits per heavy atom. The molecule has 0 saturated heterocycles. The second-order valence-corrected chi connectivity index (χ2v) is 5.24. The Hall–Kier alpha value is -2.49. The molecule has 0 saturated carbocycles. The summed E-state index contributed by atoms with van der Waals surface area (Å²) in [6, 6.07) is 12.0. The van der Waals surface area contributed by atoms with E-state index in [0.717, 1.165) is 17.8 Å². The van der Waals surface area contributed by atoms with E-state index in [1.165, 1.54) is 5.56 Å². The van der Waals surface area contributed by atoms with Crippen molar-refractivity contribution < 1.29 is 4.79 Å². The van der Waals surface area contributed by atoms with E-state index in [9.17, 15) is 4.79 Å². The minimum Gasteiger partial charge on any atom is -0.294 e. The number of hydrogen-bond donors (Lipinski definition) is 0. The van der Waals surface area contributed by atoms with Gasteiger partial charge in [-0.25, -0.2) is 9.50 Å². The van der Waals surface area contributed by atoms with Gasteiger partial charge in [0.25, 0.3) is 0 Å². The number of carbonyl (C=O) groups excluding carboxylic acids is 1. The van der Waals surface area contributed by atoms with Crippen LogP contribution in [0.25, 0.3) is 5.65 Å². The Morgan fingerprint density at radius 2 is 1.95 bits per heavy atom. The minimum absolute atomic E-state index is 0.0892. The summed E-state index contributed by atoms with van der Waals surface area (Å²) in [6.45, 7) is 3.89. The molecule has 0 aliphatic carbocycles. The monoisotopic (exact) mass is 279 g/mol. The smallest absolute Gasteiger partial charge is 0.168 e. The topological polar surface area (TPSA) is 47.3 Å². The van der Waals surface area contributed by atoms with Crippen LogP contribution in [-0.4, -0.2) is 20.4 Å². The Morgan fingerprint density at radius 1 is 1.19 bits per heavy atom. The lowest BCUT2D eigenvalue weighted by Gasteiger charge is -2.03. The predicted octanol–water partition coefficient (Wildman–Crippen LogP) is 3.16. The Labute approximate surface area is 123 Å². The molecule has 0 fully saturated rings. The third-order valence-electron chi connectivity index (χ3n) is 3.56. The average molecular weight is 279 g/mol. The zero-order valence-corrected chi connectivity index (χ0v) is 12.2. The molecule has 1 aromatic carbocycles. The van der Waals surface area contributed by atoms with E-state index in [0.29, 0.717) is 17.6 Å². The van der Waals surface area contributed by atoms with Crippen molar-refractivity contribution in [3.05, 3.63) is 65.1 Å². The molecule has 4 nitrogen and oxygen atoms in total. The summed E-state index contributed by atoms with van der Waals surface area (Å²) in [5.41, 5.74) is 4.32. The highest BCUT2D eigenvalue weighted by Crippen LogP contribution is 2.15. The van der Waals surface area contributed by atoms with E-state index >= 15 is 0 Å². The van der Waals surface area contributed by atoms with Gasteiger partial charge in [0.05, 0.1) is 11.8 Å². The maximum absolute atomic E-state index is 12.4. The molecule has 4 heteroatoms. The molecule has 0 aliphatic heterocycles. The first-order chi connectivity index (χ1) is 10.1. The van der Waals surface area contributed by atoms with Gasteiger partial charge in [-0.3, -0.25) is 4.79 Å². The summed E-state index contributed by atoms with van der Waals surface area (Å²) in [5, 5.41) is 4.27. The van der Waals surface area contributed by atoms with Crippen LogP contribution in [0.2, 0.25) is 0 Å². The van der Waals surface area contributed by atoms with Gasteiger partial charge in [0.2, 0.25) is 0 Å². The molecule has 0 aliphatic rings. The van der Waals surface area contributed by atoms with Crippen LogP contribution in [0.3, 0.4) is 0 Å². The van der Waals surface area contributed by atoms with Crippen LogP contribution < -0.4 is 0 Å². The van der Waals surface area contributed by atoms with Crippen LogP contribution in [-0.2, 0) is 6.42 Å². The number of carbonyl (C=O) groups is 1. The lowest BCUT2D eigenvalue weighted by atomic mass is 10.0. The van der Waals surface area contributed by atoms with Gasteiger partial charge >= 0.3 is 0 Å². The van der Waals surface area contributed by atoms with Gasteiger partial charge in [-0.2, -0.15) is 5.10 Å². The highest BCUT2D eigenvalue weighted by molar-refractivity contribution is 6.01. The van der Waals surface area contributed by atoms with Gasteiger partial charge in [0.1, 0.15) is 0 Å². The van der Waals surface area contributed by atoms with Crippen molar-refractivity contribution in [3.63, 3.8) is 0 Å². The highest BCUT2D eigenvalue weighted by Gasteiger charge is 2.15. The summed E-state index contributed by atoms with van der Waals surface area (Å²) >= 11 is 0. The van der Waals surface area contributed by atoms with Crippen LogP contribution in [0, 0.1) is 13.8 Å². The number of Topliss-reactive ketones (excluding diaryl/α,β-unsaturated/α-hetero) is 1. The summed E-state index contributed by atoms with van der Waals surface area (Å²) < 4.78 is 1.72. The number of aryl methyl sites for hydroxylation is 3. The number of benzene rings is 1. The molecule has 0 amide bonds. The van der Waals surface area contributed by atoms with Crippen LogP contribution in [0.1, 0.15) is 33.7 Å². The maximum Gasteiger partial charge on any atom is 0.168 e. The molecule has 0 N–H and O–H groups in total. The molecular weight excluding hydrogens is 262 g/mol. The van der Waals surface area contributed by atoms with E-state index in [4.69, 9.17) is 0 Å². The van der Waals surface area contributed by atoms with E-state index in [2.05, 4.69) is 10.1 Å². The maximum atomic E-state index is 12.4. The van der Waals surface area contributed by atoms with Crippen molar-refractivity contribution >= 4 is 11.4 Å². The number of rotatable bonds is 4. The van der Waals surface area contributed by atoms with Crippen molar-refractivity contribution in [2.24, 2.45) is 0 Å². The zero-order chi connectivity index (χ0) is 14.8. The molecule has 0 spiro atoms. The third kappa shape index (κ3) is 2.70. The van der Waals surface area contributed by atoms with Gasteiger partial charge in [-0.1, -0.05) is 30.3 Å². The highest BCUT2D eigenvalue weighted by atomic mass is 16.1. The molecule has 2 aromatic heterocycles.